The van der Waals surface area contributed by atoms with Crippen molar-refractivity contribution in [2.24, 2.45) is 0 Å². The highest BCUT2D eigenvalue weighted by atomic mass is 16.1. The maximum Gasteiger partial charge on any atom is 0.224 e. The summed E-state index contributed by atoms with van der Waals surface area (Å²) < 4.78 is 0. The fraction of sp³-hybridized carbons (Fsp3) is 0.250. The average Bonchev–Trinajstić information content (AvgIpc) is 2.22. The second-order valence-electron chi connectivity index (χ2n) is 3.18. The van der Waals surface area contributed by atoms with Gasteiger partial charge in [-0.2, -0.15) is 0 Å². The molecule has 1 aromatic rings. The van der Waals surface area contributed by atoms with Crippen LogP contribution in [-0.4, -0.2) is 12.5 Å². The summed E-state index contributed by atoms with van der Waals surface area (Å²) in [6, 6.07) is 7.33. The number of hydrogen-bond donors (Lipinski definition) is 2. The van der Waals surface area contributed by atoms with Crippen molar-refractivity contribution < 1.29 is 4.79 Å². The van der Waals surface area contributed by atoms with Crippen LogP contribution in [0, 0.1) is 12.3 Å². The van der Waals surface area contributed by atoms with Gasteiger partial charge in [0.25, 0.3) is 0 Å². The molecule has 1 amide bonds. The molecule has 0 saturated carbocycles. The molecule has 1 aromatic carbocycles. The number of carbonyl (C=O) groups excluding carboxylic acids is 1. The Hall–Kier alpha value is -1.95. The van der Waals surface area contributed by atoms with Gasteiger partial charge in [-0.1, -0.05) is 18.2 Å². The predicted octanol–water partition coefficient (Wildman–Crippen LogP) is 0.951. The highest BCUT2D eigenvalue weighted by Gasteiger charge is 2.04. The van der Waals surface area contributed by atoms with Crippen molar-refractivity contribution in [3.8, 4) is 12.3 Å². The lowest BCUT2D eigenvalue weighted by molar-refractivity contribution is -0.120. The minimum atomic E-state index is -0.0526. The number of anilines is 1. The Balaban J connectivity index is 2.45. The third-order valence-electron chi connectivity index (χ3n) is 2.00. The van der Waals surface area contributed by atoms with E-state index in [9.17, 15) is 4.79 Å². The lowest BCUT2D eigenvalue weighted by Crippen LogP contribution is -2.26. The van der Waals surface area contributed by atoms with Gasteiger partial charge in [0.05, 0.1) is 6.42 Å². The van der Waals surface area contributed by atoms with Crippen LogP contribution in [0.3, 0.4) is 0 Å². The molecular weight excluding hydrogens is 188 g/mol. The number of benzene rings is 1. The summed E-state index contributed by atoms with van der Waals surface area (Å²) in [6.45, 7) is 0.516. The van der Waals surface area contributed by atoms with Gasteiger partial charge in [0.2, 0.25) is 5.91 Å². The van der Waals surface area contributed by atoms with Gasteiger partial charge >= 0.3 is 0 Å². The Morgan fingerprint density at radius 2 is 2.20 bits per heavy atom. The first-order chi connectivity index (χ1) is 7.24. The summed E-state index contributed by atoms with van der Waals surface area (Å²) in [6.07, 6.45) is 5.92. The summed E-state index contributed by atoms with van der Waals surface area (Å²) in [5.41, 5.74) is 7.20. The van der Waals surface area contributed by atoms with Crippen molar-refractivity contribution in [1.29, 1.82) is 0 Å². The molecule has 1 rings (SSSR count). The van der Waals surface area contributed by atoms with Crippen molar-refractivity contribution in [3.05, 3.63) is 29.8 Å². The van der Waals surface area contributed by atoms with Crippen molar-refractivity contribution in [2.75, 3.05) is 12.3 Å². The van der Waals surface area contributed by atoms with E-state index in [2.05, 4.69) is 11.2 Å². The smallest absolute Gasteiger partial charge is 0.224 e. The number of nitrogens with two attached hydrogens (primary N) is 1. The minimum absolute atomic E-state index is 0.0526. The molecule has 0 fully saturated rings. The Labute approximate surface area is 89.7 Å². The zero-order valence-electron chi connectivity index (χ0n) is 8.49. The summed E-state index contributed by atoms with van der Waals surface area (Å²) in [4.78, 5) is 11.4. The van der Waals surface area contributed by atoms with Crippen LogP contribution in [0.2, 0.25) is 0 Å². The molecule has 0 bridgehead atoms. The fourth-order valence-corrected chi connectivity index (χ4v) is 1.20. The molecule has 3 N–H and O–H groups in total. The first-order valence-electron chi connectivity index (χ1n) is 4.77. The molecule has 0 aliphatic heterocycles. The maximum atomic E-state index is 11.4. The molecule has 0 unspecified atom stereocenters. The number of nitrogens with one attached hydrogen (secondary N) is 1. The normalized spacial score (nSPS) is 9.27. The first-order valence-corrected chi connectivity index (χ1v) is 4.77. The number of terminal acetylenes is 1. The second kappa shape index (κ2) is 5.71. The highest BCUT2D eigenvalue weighted by molar-refractivity contribution is 5.80. The van der Waals surface area contributed by atoms with E-state index in [1.807, 2.05) is 18.2 Å². The number of para-hydroxylation sites is 1. The van der Waals surface area contributed by atoms with Crippen LogP contribution in [0.15, 0.2) is 24.3 Å². The van der Waals surface area contributed by atoms with Gasteiger partial charge in [-0.3, -0.25) is 4.79 Å². The topological polar surface area (TPSA) is 55.1 Å². The quantitative estimate of drug-likeness (QED) is 0.434. The summed E-state index contributed by atoms with van der Waals surface area (Å²) in [5, 5.41) is 2.72. The molecule has 0 aliphatic carbocycles. The van der Waals surface area contributed by atoms with E-state index in [0.29, 0.717) is 25.1 Å². The van der Waals surface area contributed by atoms with Crippen molar-refractivity contribution in [3.63, 3.8) is 0 Å². The van der Waals surface area contributed by atoms with E-state index in [4.69, 9.17) is 12.2 Å². The number of hydrogen-bond acceptors (Lipinski definition) is 2. The Morgan fingerprint density at radius 1 is 1.47 bits per heavy atom. The minimum Gasteiger partial charge on any atom is -0.398 e. The van der Waals surface area contributed by atoms with Gasteiger partial charge in [0.1, 0.15) is 0 Å². The molecule has 0 spiro atoms. The van der Waals surface area contributed by atoms with E-state index >= 15 is 0 Å². The van der Waals surface area contributed by atoms with E-state index in [-0.39, 0.29) is 5.91 Å². The predicted molar refractivity (Wildman–Crippen MR) is 61.0 cm³/mol. The molecule has 0 aromatic heterocycles. The van der Waals surface area contributed by atoms with Crippen LogP contribution in [0.25, 0.3) is 0 Å². The van der Waals surface area contributed by atoms with Crippen LogP contribution in [0.4, 0.5) is 5.69 Å². The zero-order chi connectivity index (χ0) is 11.1. The van der Waals surface area contributed by atoms with Crippen LogP contribution in [0.5, 0.6) is 0 Å². The SMILES string of the molecule is C#CCCNC(=O)Cc1ccccc1N. The fourth-order valence-electron chi connectivity index (χ4n) is 1.20. The standard InChI is InChI=1S/C12H14N2O/c1-2-3-8-14-12(15)9-10-6-4-5-7-11(10)13/h1,4-7H,3,8-9,13H2,(H,14,15). The van der Waals surface area contributed by atoms with E-state index in [1.54, 1.807) is 6.07 Å². The van der Waals surface area contributed by atoms with Crippen molar-refractivity contribution in [2.45, 2.75) is 12.8 Å². The third kappa shape index (κ3) is 3.74. The molecule has 3 heteroatoms. The van der Waals surface area contributed by atoms with Gasteiger partial charge in [-0.05, 0) is 11.6 Å². The summed E-state index contributed by atoms with van der Waals surface area (Å²) in [5.74, 6) is 2.41. The van der Waals surface area contributed by atoms with Crippen LogP contribution in [0.1, 0.15) is 12.0 Å². The number of carbonyl (C=O) groups is 1. The van der Waals surface area contributed by atoms with E-state index in [0.717, 1.165) is 5.56 Å². The number of amides is 1. The Kier molecular flexibility index (Phi) is 4.24. The molecular formula is C12H14N2O. The first kappa shape index (κ1) is 11.1. The monoisotopic (exact) mass is 202 g/mol. The molecule has 0 heterocycles. The van der Waals surface area contributed by atoms with Crippen molar-refractivity contribution in [1.82, 2.24) is 5.32 Å². The molecule has 15 heavy (non-hydrogen) atoms. The van der Waals surface area contributed by atoms with Gasteiger partial charge in [-0.25, -0.2) is 0 Å². The molecule has 3 nitrogen and oxygen atoms in total. The summed E-state index contributed by atoms with van der Waals surface area (Å²) in [7, 11) is 0. The van der Waals surface area contributed by atoms with Crippen LogP contribution in [-0.2, 0) is 11.2 Å². The Morgan fingerprint density at radius 3 is 2.87 bits per heavy atom. The van der Waals surface area contributed by atoms with Gasteiger partial charge in [0, 0.05) is 18.7 Å². The molecule has 0 saturated heterocycles. The molecule has 78 valence electrons. The van der Waals surface area contributed by atoms with Crippen LogP contribution >= 0.6 is 0 Å². The van der Waals surface area contributed by atoms with Gasteiger partial charge in [0.15, 0.2) is 0 Å². The Bertz CT molecular complexity index is 379. The lowest BCUT2D eigenvalue weighted by Gasteiger charge is -2.05. The van der Waals surface area contributed by atoms with Gasteiger partial charge in [-0.15, -0.1) is 12.3 Å². The highest BCUT2D eigenvalue weighted by Crippen LogP contribution is 2.10. The number of nitrogen functional groups attached to an aromatic ring is 1. The average molecular weight is 202 g/mol. The van der Waals surface area contributed by atoms with E-state index in [1.165, 1.54) is 0 Å². The number of rotatable bonds is 4. The second-order valence-corrected chi connectivity index (χ2v) is 3.18. The molecule has 0 aliphatic rings. The molecule has 0 radical (unpaired) electrons. The van der Waals surface area contributed by atoms with E-state index < -0.39 is 0 Å². The lowest BCUT2D eigenvalue weighted by atomic mass is 10.1. The zero-order valence-corrected chi connectivity index (χ0v) is 8.49. The summed E-state index contributed by atoms with van der Waals surface area (Å²) >= 11 is 0. The third-order valence-corrected chi connectivity index (χ3v) is 2.00. The van der Waals surface area contributed by atoms with Crippen molar-refractivity contribution >= 4 is 11.6 Å². The maximum absolute atomic E-state index is 11.4. The largest absolute Gasteiger partial charge is 0.398 e. The van der Waals surface area contributed by atoms with Crippen LogP contribution < -0.4 is 11.1 Å². The molecule has 0 atom stereocenters. The van der Waals surface area contributed by atoms with Gasteiger partial charge < -0.3 is 11.1 Å².